The molecule has 3 nitrogen and oxygen atoms in total. The monoisotopic (exact) mass is 185 g/mol. The standard InChI is InChI=1S/C10H19NO2/c1-8(9(12)13-3)7-11-10(2)5-4-6-10/h8,11H,4-7H2,1-3H3. The molecular formula is C10H19NO2. The Bertz CT molecular complexity index is 187. The van der Waals surface area contributed by atoms with Gasteiger partial charge in [-0.3, -0.25) is 4.79 Å². The molecule has 1 fully saturated rings. The molecule has 0 aliphatic heterocycles. The highest BCUT2D eigenvalue weighted by atomic mass is 16.5. The van der Waals surface area contributed by atoms with E-state index in [1.807, 2.05) is 6.92 Å². The van der Waals surface area contributed by atoms with Crippen molar-refractivity contribution in [3.63, 3.8) is 0 Å². The van der Waals surface area contributed by atoms with Crippen molar-refractivity contribution in [2.75, 3.05) is 13.7 Å². The number of hydrogen-bond acceptors (Lipinski definition) is 3. The van der Waals surface area contributed by atoms with Gasteiger partial charge in [-0.1, -0.05) is 6.92 Å². The van der Waals surface area contributed by atoms with Crippen LogP contribution in [0.2, 0.25) is 0 Å². The molecule has 1 unspecified atom stereocenters. The molecule has 1 atom stereocenters. The van der Waals surface area contributed by atoms with Crippen molar-refractivity contribution < 1.29 is 9.53 Å². The van der Waals surface area contributed by atoms with Crippen molar-refractivity contribution in [2.24, 2.45) is 5.92 Å². The molecule has 13 heavy (non-hydrogen) atoms. The minimum absolute atomic E-state index is 0.0394. The second-order valence-electron chi connectivity index (χ2n) is 4.22. The number of hydrogen-bond donors (Lipinski definition) is 1. The Hall–Kier alpha value is -0.570. The molecule has 0 saturated heterocycles. The summed E-state index contributed by atoms with van der Waals surface area (Å²) in [4.78, 5) is 11.1. The maximum atomic E-state index is 11.1. The van der Waals surface area contributed by atoms with Crippen molar-refractivity contribution in [1.29, 1.82) is 0 Å². The van der Waals surface area contributed by atoms with Gasteiger partial charge in [-0.15, -0.1) is 0 Å². The molecule has 1 aliphatic rings. The second-order valence-corrected chi connectivity index (χ2v) is 4.22. The van der Waals surface area contributed by atoms with Crippen LogP contribution in [0.3, 0.4) is 0 Å². The average molecular weight is 185 g/mol. The van der Waals surface area contributed by atoms with Gasteiger partial charge in [-0.05, 0) is 26.2 Å². The predicted octanol–water partition coefficient (Wildman–Crippen LogP) is 1.33. The van der Waals surface area contributed by atoms with Gasteiger partial charge < -0.3 is 10.1 Å². The van der Waals surface area contributed by atoms with Gasteiger partial charge in [-0.2, -0.15) is 0 Å². The second kappa shape index (κ2) is 4.09. The quantitative estimate of drug-likeness (QED) is 0.671. The van der Waals surface area contributed by atoms with Crippen LogP contribution in [0.25, 0.3) is 0 Å². The van der Waals surface area contributed by atoms with Crippen LogP contribution in [0, 0.1) is 5.92 Å². The van der Waals surface area contributed by atoms with Crippen LogP contribution in [0.4, 0.5) is 0 Å². The molecule has 3 heteroatoms. The fourth-order valence-electron chi connectivity index (χ4n) is 1.57. The lowest BCUT2D eigenvalue weighted by Gasteiger charge is -2.40. The molecule has 1 rings (SSSR count). The van der Waals surface area contributed by atoms with Crippen LogP contribution in [0.5, 0.6) is 0 Å². The number of esters is 1. The molecular weight excluding hydrogens is 166 g/mol. The third kappa shape index (κ3) is 2.69. The van der Waals surface area contributed by atoms with Crippen molar-refractivity contribution in [2.45, 2.75) is 38.6 Å². The topological polar surface area (TPSA) is 38.3 Å². The first-order valence-corrected chi connectivity index (χ1v) is 4.90. The van der Waals surface area contributed by atoms with E-state index < -0.39 is 0 Å². The Morgan fingerprint density at radius 2 is 2.23 bits per heavy atom. The lowest BCUT2D eigenvalue weighted by Crippen LogP contribution is -2.50. The summed E-state index contributed by atoms with van der Waals surface area (Å²) in [5.74, 6) is -0.169. The van der Waals surface area contributed by atoms with Crippen molar-refractivity contribution >= 4 is 5.97 Å². The van der Waals surface area contributed by atoms with Crippen molar-refractivity contribution in [3.8, 4) is 0 Å². The molecule has 0 aromatic heterocycles. The Balaban J connectivity index is 2.21. The molecule has 0 aromatic carbocycles. The van der Waals surface area contributed by atoms with E-state index in [2.05, 4.69) is 17.0 Å². The lowest BCUT2D eigenvalue weighted by molar-refractivity contribution is -0.144. The first-order chi connectivity index (χ1) is 6.07. The zero-order chi connectivity index (χ0) is 9.90. The highest BCUT2D eigenvalue weighted by Gasteiger charge is 2.31. The third-order valence-electron chi connectivity index (χ3n) is 2.90. The van der Waals surface area contributed by atoms with Gasteiger partial charge in [0.15, 0.2) is 0 Å². The van der Waals surface area contributed by atoms with Crippen molar-refractivity contribution in [1.82, 2.24) is 5.32 Å². The fraction of sp³-hybridized carbons (Fsp3) is 0.900. The van der Waals surface area contributed by atoms with Gasteiger partial charge in [0.2, 0.25) is 0 Å². The summed E-state index contributed by atoms with van der Waals surface area (Å²) in [6, 6.07) is 0. The zero-order valence-corrected chi connectivity index (χ0v) is 8.72. The van der Waals surface area contributed by atoms with E-state index in [1.165, 1.54) is 26.4 Å². The van der Waals surface area contributed by atoms with Gasteiger partial charge >= 0.3 is 5.97 Å². The summed E-state index contributed by atoms with van der Waals surface area (Å²) in [5.41, 5.74) is 0.280. The molecule has 1 saturated carbocycles. The summed E-state index contributed by atoms with van der Waals surface area (Å²) < 4.78 is 4.65. The van der Waals surface area contributed by atoms with Crippen LogP contribution in [0.15, 0.2) is 0 Å². The predicted molar refractivity (Wildman–Crippen MR) is 51.4 cm³/mol. The summed E-state index contributed by atoms with van der Waals surface area (Å²) >= 11 is 0. The summed E-state index contributed by atoms with van der Waals surface area (Å²) in [7, 11) is 1.43. The number of carbonyl (C=O) groups is 1. The Morgan fingerprint density at radius 3 is 2.62 bits per heavy atom. The summed E-state index contributed by atoms with van der Waals surface area (Å²) in [6.07, 6.45) is 3.75. The molecule has 76 valence electrons. The Kier molecular flexibility index (Phi) is 3.31. The summed E-state index contributed by atoms with van der Waals surface area (Å²) in [6.45, 7) is 4.82. The van der Waals surface area contributed by atoms with Crippen LogP contribution in [-0.4, -0.2) is 25.2 Å². The maximum absolute atomic E-state index is 11.1. The SMILES string of the molecule is COC(=O)C(C)CNC1(C)CCC1. The Labute approximate surface area is 79.8 Å². The van der Waals surface area contributed by atoms with Gasteiger partial charge in [0.1, 0.15) is 0 Å². The average Bonchev–Trinajstić information content (AvgIpc) is 2.09. The molecule has 0 aromatic rings. The molecule has 0 heterocycles. The number of carbonyl (C=O) groups excluding carboxylic acids is 1. The lowest BCUT2D eigenvalue weighted by atomic mass is 9.78. The number of rotatable bonds is 4. The minimum Gasteiger partial charge on any atom is -0.469 e. The zero-order valence-electron chi connectivity index (χ0n) is 8.72. The van der Waals surface area contributed by atoms with E-state index in [-0.39, 0.29) is 17.4 Å². The third-order valence-corrected chi connectivity index (χ3v) is 2.90. The number of methoxy groups -OCH3 is 1. The number of ether oxygens (including phenoxy) is 1. The smallest absolute Gasteiger partial charge is 0.309 e. The molecule has 0 amide bonds. The maximum Gasteiger partial charge on any atom is 0.309 e. The van der Waals surface area contributed by atoms with Crippen LogP contribution in [-0.2, 0) is 9.53 Å². The first-order valence-electron chi connectivity index (χ1n) is 4.90. The van der Waals surface area contributed by atoms with Crippen LogP contribution in [0.1, 0.15) is 33.1 Å². The van der Waals surface area contributed by atoms with Gasteiger partial charge in [0, 0.05) is 12.1 Å². The van der Waals surface area contributed by atoms with Gasteiger partial charge in [0.25, 0.3) is 0 Å². The largest absolute Gasteiger partial charge is 0.469 e. The molecule has 1 N–H and O–H groups in total. The van der Waals surface area contributed by atoms with E-state index >= 15 is 0 Å². The van der Waals surface area contributed by atoms with E-state index in [0.29, 0.717) is 0 Å². The van der Waals surface area contributed by atoms with Crippen molar-refractivity contribution in [3.05, 3.63) is 0 Å². The molecule has 0 spiro atoms. The minimum atomic E-state index is -0.129. The van der Waals surface area contributed by atoms with E-state index in [9.17, 15) is 4.79 Å². The number of nitrogens with one attached hydrogen (secondary N) is 1. The van der Waals surface area contributed by atoms with E-state index in [0.717, 1.165) is 6.54 Å². The van der Waals surface area contributed by atoms with Crippen LogP contribution >= 0.6 is 0 Å². The van der Waals surface area contributed by atoms with Gasteiger partial charge in [-0.25, -0.2) is 0 Å². The normalized spacial score (nSPS) is 21.8. The van der Waals surface area contributed by atoms with Gasteiger partial charge in [0.05, 0.1) is 13.0 Å². The van der Waals surface area contributed by atoms with Crippen LogP contribution < -0.4 is 5.32 Å². The highest BCUT2D eigenvalue weighted by molar-refractivity contribution is 5.72. The Morgan fingerprint density at radius 1 is 1.62 bits per heavy atom. The van der Waals surface area contributed by atoms with E-state index in [1.54, 1.807) is 0 Å². The summed E-state index contributed by atoms with van der Waals surface area (Å²) in [5, 5.41) is 3.41. The molecule has 0 radical (unpaired) electrons. The van der Waals surface area contributed by atoms with E-state index in [4.69, 9.17) is 0 Å². The first kappa shape index (κ1) is 10.5. The molecule has 0 bridgehead atoms. The fourth-order valence-corrected chi connectivity index (χ4v) is 1.57. The molecule has 1 aliphatic carbocycles. The highest BCUT2D eigenvalue weighted by Crippen LogP contribution is 2.30.